The predicted molar refractivity (Wildman–Crippen MR) is 116 cm³/mol. The maximum Gasteiger partial charge on any atom is 0.249 e. The molecule has 0 radical (unpaired) electrons. The van der Waals surface area contributed by atoms with Crippen molar-refractivity contribution in [3.8, 4) is 10.6 Å². The fourth-order valence-corrected chi connectivity index (χ4v) is 3.58. The smallest absolute Gasteiger partial charge is 0.249 e. The molecule has 150 valence electrons. The predicted octanol–water partition coefficient (Wildman–Crippen LogP) is 3.98. The number of carbonyl (C=O) groups is 2. The number of nitrogens with one attached hydrogen (secondary N) is 2. The van der Waals surface area contributed by atoms with E-state index in [2.05, 4.69) is 20.8 Å². The summed E-state index contributed by atoms with van der Waals surface area (Å²) in [6.07, 6.45) is 1.52. The van der Waals surface area contributed by atoms with E-state index in [4.69, 9.17) is 0 Å². The molecule has 0 fully saturated rings. The number of hydrogen-bond acceptors (Lipinski definition) is 5. The molecule has 2 N–H and O–H groups in total. The van der Waals surface area contributed by atoms with Gasteiger partial charge < -0.3 is 5.32 Å². The monoisotopic (exact) mass is 408 g/mol. The molecule has 2 aromatic carbocycles. The Balaban J connectivity index is 1.71. The Morgan fingerprint density at radius 2 is 1.76 bits per heavy atom. The number of anilines is 1. The van der Waals surface area contributed by atoms with Crippen LogP contribution in [0, 0.1) is 6.92 Å². The second-order valence-electron chi connectivity index (χ2n) is 6.83. The third-order valence-corrected chi connectivity index (χ3v) is 5.25. The van der Waals surface area contributed by atoms with E-state index in [1.807, 2.05) is 68.4 Å². The van der Waals surface area contributed by atoms with E-state index < -0.39 is 6.04 Å². The van der Waals surface area contributed by atoms with Gasteiger partial charge in [0.05, 0.1) is 0 Å². The van der Waals surface area contributed by atoms with Crippen LogP contribution in [0.15, 0.2) is 54.6 Å². The maximum absolute atomic E-state index is 12.9. The molecule has 0 spiro atoms. The molecule has 6 nitrogen and oxygen atoms in total. The zero-order valence-electron chi connectivity index (χ0n) is 16.5. The summed E-state index contributed by atoms with van der Waals surface area (Å²) in [5.41, 5.74) is 3.09. The zero-order chi connectivity index (χ0) is 20.6. The highest BCUT2D eigenvalue weighted by molar-refractivity contribution is 7.18. The van der Waals surface area contributed by atoms with E-state index in [9.17, 15) is 9.59 Å². The van der Waals surface area contributed by atoms with Crippen LogP contribution in [0.3, 0.4) is 0 Å². The number of amides is 2. The molecule has 0 bridgehead atoms. The summed E-state index contributed by atoms with van der Waals surface area (Å²) >= 11 is 1.31. The van der Waals surface area contributed by atoms with Gasteiger partial charge >= 0.3 is 0 Å². The molecule has 0 aliphatic carbocycles. The average Bonchev–Trinajstić information content (AvgIpc) is 3.17. The van der Waals surface area contributed by atoms with Gasteiger partial charge in [0.25, 0.3) is 0 Å². The SMILES string of the molecule is CCCC(=O)NC(Cc1ccccc1)C(=O)Nc1nnc(-c2ccc(C)cc2)s1. The highest BCUT2D eigenvalue weighted by Gasteiger charge is 2.22. The first-order valence-electron chi connectivity index (χ1n) is 9.60. The third-order valence-electron chi connectivity index (χ3n) is 4.37. The van der Waals surface area contributed by atoms with Gasteiger partial charge in [-0.05, 0) is 18.9 Å². The molecular weight excluding hydrogens is 384 g/mol. The molecule has 7 heteroatoms. The number of aryl methyl sites for hydroxylation is 1. The summed E-state index contributed by atoms with van der Waals surface area (Å²) in [6.45, 7) is 3.95. The zero-order valence-corrected chi connectivity index (χ0v) is 17.3. The van der Waals surface area contributed by atoms with Crippen molar-refractivity contribution in [1.82, 2.24) is 15.5 Å². The fourth-order valence-electron chi connectivity index (χ4n) is 2.83. The van der Waals surface area contributed by atoms with E-state index >= 15 is 0 Å². The fraction of sp³-hybridized carbons (Fsp3) is 0.273. The van der Waals surface area contributed by atoms with Crippen LogP contribution in [0.4, 0.5) is 5.13 Å². The molecule has 3 aromatic rings. The van der Waals surface area contributed by atoms with Crippen molar-refractivity contribution in [2.45, 2.75) is 39.2 Å². The quantitative estimate of drug-likeness (QED) is 0.590. The third kappa shape index (κ3) is 5.96. The Hall–Kier alpha value is -3.06. The average molecular weight is 409 g/mol. The number of nitrogens with zero attached hydrogens (tertiary/aromatic N) is 2. The summed E-state index contributed by atoms with van der Waals surface area (Å²) in [5, 5.41) is 15.0. The van der Waals surface area contributed by atoms with Crippen molar-refractivity contribution in [2.75, 3.05) is 5.32 Å². The van der Waals surface area contributed by atoms with E-state index in [1.165, 1.54) is 16.9 Å². The Bertz CT molecular complexity index is 954. The van der Waals surface area contributed by atoms with Gasteiger partial charge in [0.2, 0.25) is 16.9 Å². The van der Waals surface area contributed by atoms with Gasteiger partial charge in [-0.2, -0.15) is 0 Å². The van der Waals surface area contributed by atoms with E-state index in [1.54, 1.807) is 0 Å². The first-order valence-corrected chi connectivity index (χ1v) is 10.4. The lowest BCUT2D eigenvalue weighted by atomic mass is 10.1. The maximum atomic E-state index is 12.9. The summed E-state index contributed by atoms with van der Waals surface area (Å²) in [6, 6.07) is 16.9. The van der Waals surface area contributed by atoms with Gasteiger partial charge in [0.1, 0.15) is 11.0 Å². The molecule has 0 aliphatic rings. The van der Waals surface area contributed by atoms with Crippen molar-refractivity contribution in [3.63, 3.8) is 0 Å². The van der Waals surface area contributed by atoms with Gasteiger partial charge in [0.15, 0.2) is 0 Å². The number of carbonyl (C=O) groups excluding carboxylic acids is 2. The van der Waals surface area contributed by atoms with Crippen LogP contribution in [-0.4, -0.2) is 28.1 Å². The minimum absolute atomic E-state index is 0.138. The lowest BCUT2D eigenvalue weighted by Gasteiger charge is -2.17. The van der Waals surface area contributed by atoms with E-state index in [0.717, 1.165) is 22.6 Å². The minimum atomic E-state index is -0.678. The molecule has 0 aliphatic heterocycles. The molecule has 1 atom stereocenters. The topological polar surface area (TPSA) is 84.0 Å². The van der Waals surface area contributed by atoms with E-state index in [0.29, 0.717) is 18.0 Å². The normalized spacial score (nSPS) is 11.7. The molecule has 29 heavy (non-hydrogen) atoms. The second-order valence-corrected chi connectivity index (χ2v) is 7.80. The van der Waals surface area contributed by atoms with Crippen molar-refractivity contribution in [3.05, 3.63) is 65.7 Å². The van der Waals surface area contributed by atoms with E-state index in [-0.39, 0.29) is 11.8 Å². The number of rotatable bonds is 8. The summed E-state index contributed by atoms with van der Waals surface area (Å²) < 4.78 is 0. The number of benzene rings is 2. The Kier molecular flexibility index (Phi) is 7.08. The first kappa shape index (κ1) is 20.7. The van der Waals surface area contributed by atoms with Gasteiger partial charge in [-0.1, -0.05) is 78.4 Å². The molecule has 3 rings (SSSR count). The van der Waals surface area contributed by atoms with Crippen LogP contribution in [0.5, 0.6) is 0 Å². The van der Waals surface area contributed by atoms with Gasteiger partial charge in [-0.25, -0.2) is 0 Å². The highest BCUT2D eigenvalue weighted by atomic mass is 32.1. The summed E-state index contributed by atoms with van der Waals surface area (Å²) in [4.78, 5) is 25.0. The van der Waals surface area contributed by atoms with Crippen molar-refractivity contribution in [2.24, 2.45) is 0 Å². The summed E-state index contributed by atoms with van der Waals surface area (Å²) in [5.74, 6) is -0.439. The van der Waals surface area contributed by atoms with Gasteiger partial charge in [0, 0.05) is 18.4 Å². The lowest BCUT2D eigenvalue weighted by molar-refractivity contribution is -0.126. The Morgan fingerprint density at radius 3 is 2.45 bits per heavy atom. The standard InChI is InChI=1S/C22H24N4O2S/c1-3-7-19(27)23-18(14-16-8-5-4-6-9-16)20(28)24-22-26-25-21(29-22)17-12-10-15(2)11-13-17/h4-6,8-13,18H,3,7,14H2,1-2H3,(H,23,27)(H,24,26,28). The Labute approximate surface area is 174 Å². The van der Waals surface area contributed by atoms with Crippen molar-refractivity contribution in [1.29, 1.82) is 0 Å². The van der Waals surface area contributed by atoms with Crippen LogP contribution in [0.1, 0.15) is 30.9 Å². The summed E-state index contributed by atoms with van der Waals surface area (Å²) in [7, 11) is 0. The number of hydrogen-bond donors (Lipinski definition) is 2. The molecule has 1 heterocycles. The molecular formula is C22H24N4O2S. The van der Waals surface area contributed by atoms with Crippen LogP contribution in [0.25, 0.3) is 10.6 Å². The second kappa shape index (κ2) is 9.93. The molecule has 1 aromatic heterocycles. The van der Waals surface area contributed by atoms with Crippen LogP contribution >= 0.6 is 11.3 Å². The van der Waals surface area contributed by atoms with Gasteiger partial charge in [-0.15, -0.1) is 10.2 Å². The first-order chi connectivity index (χ1) is 14.0. The number of aromatic nitrogens is 2. The van der Waals surface area contributed by atoms with Crippen LogP contribution in [0.2, 0.25) is 0 Å². The highest BCUT2D eigenvalue weighted by Crippen LogP contribution is 2.26. The molecule has 2 amide bonds. The molecule has 0 saturated carbocycles. The minimum Gasteiger partial charge on any atom is -0.344 e. The van der Waals surface area contributed by atoms with Crippen molar-refractivity contribution < 1.29 is 9.59 Å². The lowest BCUT2D eigenvalue weighted by Crippen LogP contribution is -2.45. The molecule has 0 saturated heterocycles. The van der Waals surface area contributed by atoms with Crippen LogP contribution in [-0.2, 0) is 16.0 Å². The van der Waals surface area contributed by atoms with Gasteiger partial charge in [-0.3, -0.25) is 14.9 Å². The Morgan fingerprint density at radius 1 is 1.03 bits per heavy atom. The largest absolute Gasteiger partial charge is 0.344 e. The van der Waals surface area contributed by atoms with Crippen molar-refractivity contribution >= 4 is 28.3 Å². The van der Waals surface area contributed by atoms with Crippen LogP contribution < -0.4 is 10.6 Å². The molecule has 1 unspecified atom stereocenters.